The van der Waals surface area contributed by atoms with Crippen LogP contribution in [-0.4, -0.2) is 91.8 Å². The highest BCUT2D eigenvalue weighted by atomic mass is 35.5. The molecule has 2 N–H and O–H groups in total. The molecule has 4 rings (SSSR count). The average molecular weight is 605 g/mol. The number of anilines is 2. The SMILES string of the molecule is Cl.O=CCNC(C(=O)O)N(C[C@H]1CN(c2ccc(N3CCOCC3=O)cc2F)C(=O)O1)C(=O)c1ccc(Cl)s1. The van der Waals surface area contributed by atoms with Crippen molar-refractivity contribution in [2.24, 2.45) is 0 Å². The Labute approximate surface area is 236 Å². The second-order valence-electron chi connectivity index (χ2n) is 8.23. The number of rotatable bonds is 10. The number of halogens is 3. The first-order chi connectivity index (χ1) is 18.2. The standard InChI is InChI=1S/C23H22ClFN4O8S.ClH/c24-18-4-3-17(38-18)21(32)29(20(22(33)34)26-5-7-30)11-14-10-28(23(35)37-14)16-2-1-13(9-15(16)25)27-6-8-36-12-19(27)31;/h1-4,7,9,14,20,26H,5-6,8,10-12H2,(H,33,34);1H/t14-,20?;/m1./s1. The summed E-state index contributed by atoms with van der Waals surface area (Å²) in [5.74, 6) is -3.26. The van der Waals surface area contributed by atoms with Gasteiger partial charge in [0, 0.05) is 12.2 Å². The first-order valence-corrected chi connectivity index (χ1v) is 12.5. The van der Waals surface area contributed by atoms with E-state index in [0.29, 0.717) is 22.9 Å². The maximum absolute atomic E-state index is 15.1. The highest BCUT2D eigenvalue weighted by molar-refractivity contribution is 7.18. The van der Waals surface area contributed by atoms with Gasteiger partial charge in [0.1, 0.15) is 24.8 Å². The highest BCUT2D eigenvalue weighted by Gasteiger charge is 2.39. The molecule has 1 unspecified atom stereocenters. The Balaban J connectivity index is 0.00000420. The van der Waals surface area contributed by atoms with Crippen molar-refractivity contribution in [2.75, 3.05) is 49.2 Å². The van der Waals surface area contributed by atoms with E-state index in [2.05, 4.69) is 5.32 Å². The number of nitrogens with zero attached hydrogens (tertiary/aromatic N) is 3. The molecule has 3 heterocycles. The van der Waals surface area contributed by atoms with E-state index in [1.165, 1.54) is 29.2 Å². The van der Waals surface area contributed by atoms with Gasteiger partial charge in [-0.05, 0) is 30.3 Å². The quantitative estimate of drug-likeness (QED) is 0.307. The topological polar surface area (TPSA) is 146 Å². The number of benzene rings is 1. The van der Waals surface area contributed by atoms with Crippen molar-refractivity contribution in [3.63, 3.8) is 0 Å². The number of carbonyl (C=O) groups excluding carboxylic acids is 4. The maximum Gasteiger partial charge on any atom is 0.414 e. The summed E-state index contributed by atoms with van der Waals surface area (Å²) >= 11 is 6.85. The zero-order valence-electron chi connectivity index (χ0n) is 20.1. The minimum Gasteiger partial charge on any atom is -0.479 e. The summed E-state index contributed by atoms with van der Waals surface area (Å²) in [6.45, 7) is -0.474. The smallest absolute Gasteiger partial charge is 0.414 e. The van der Waals surface area contributed by atoms with E-state index in [0.717, 1.165) is 27.2 Å². The highest BCUT2D eigenvalue weighted by Crippen LogP contribution is 2.30. The van der Waals surface area contributed by atoms with Gasteiger partial charge < -0.3 is 29.2 Å². The number of carboxylic acids is 1. The Morgan fingerprint density at radius 2 is 2.05 bits per heavy atom. The first-order valence-electron chi connectivity index (χ1n) is 11.3. The number of carboxylic acid groups (broad SMARTS) is 1. The number of cyclic esters (lactones) is 1. The monoisotopic (exact) mass is 604 g/mol. The van der Waals surface area contributed by atoms with Gasteiger partial charge >= 0.3 is 12.1 Å². The lowest BCUT2D eigenvalue weighted by atomic mass is 10.2. The molecule has 2 aromatic rings. The van der Waals surface area contributed by atoms with Crippen LogP contribution in [0.5, 0.6) is 0 Å². The second-order valence-corrected chi connectivity index (χ2v) is 9.94. The van der Waals surface area contributed by atoms with Gasteiger partial charge in [-0.15, -0.1) is 23.7 Å². The van der Waals surface area contributed by atoms with Crippen molar-refractivity contribution in [2.45, 2.75) is 12.3 Å². The van der Waals surface area contributed by atoms with Gasteiger partial charge in [-0.25, -0.2) is 14.0 Å². The molecule has 0 spiro atoms. The van der Waals surface area contributed by atoms with E-state index >= 15 is 4.39 Å². The molecule has 0 radical (unpaired) electrons. The predicted molar refractivity (Wildman–Crippen MR) is 140 cm³/mol. The van der Waals surface area contributed by atoms with Gasteiger partial charge in [0.25, 0.3) is 11.8 Å². The molecule has 2 fully saturated rings. The van der Waals surface area contributed by atoms with Crippen molar-refractivity contribution in [1.29, 1.82) is 0 Å². The molecular weight excluding hydrogens is 582 g/mol. The minimum atomic E-state index is -1.62. The van der Waals surface area contributed by atoms with Crippen molar-refractivity contribution in [3.8, 4) is 0 Å². The van der Waals surface area contributed by atoms with Crippen molar-refractivity contribution < 1.29 is 42.9 Å². The lowest BCUT2D eigenvalue weighted by molar-refractivity contribution is -0.144. The van der Waals surface area contributed by atoms with Crippen LogP contribution in [0.2, 0.25) is 4.34 Å². The molecule has 1 aromatic carbocycles. The van der Waals surface area contributed by atoms with Crippen LogP contribution in [0.3, 0.4) is 0 Å². The number of thiophene rings is 1. The van der Waals surface area contributed by atoms with Crippen LogP contribution in [0, 0.1) is 5.82 Å². The van der Waals surface area contributed by atoms with Crippen LogP contribution in [0.25, 0.3) is 0 Å². The van der Waals surface area contributed by atoms with E-state index in [-0.39, 0.29) is 61.7 Å². The van der Waals surface area contributed by atoms with E-state index < -0.39 is 36.1 Å². The van der Waals surface area contributed by atoms with Crippen molar-refractivity contribution >= 4 is 76.9 Å². The second kappa shape index (κ2) is 13.2. The predicted octanol–water partition coefficient (Wildman–Crippen LogP) is 1.99. The van der Waals surface area contributed by atoms with Crippen molar-refractivity contribution in [3.05, 3.63) is 45.4 Å². The van der Waals surface area contributed by atoms with Gasteiger partial charge in [-0.2, -0.15) is 0 Å². The normalized spacial score (nSPS) is 17.8. The van der Waals surface area contributed by atoms with Crippen LogP contribution in [0.1, 0.15) is 9.67 Å². The summed E-state index contributed by atoms with van der Waals surface area (Å²) in [6, 6.07) is 6.84. The third-order valence-electron chi connectivity index (χ3n) is 5.78. The number of nitrogens with one attached hydrogen (secondary N) is 1. The van der Waals surface area contributed by atoms with Crippen molar-refractivity contribution in [1.82, 2.24) is 10.2 Å². The fourth-order valence-corrected chi connectivity index (χ4v) is 5.07. The van der Waals surface area contributed by atoms with Crippen LogP contribution < -0.4 is 15.1 Å². The van der Waals surface area contributed by atoms with E-state index in [4.69, 9.17) is 21.1 Å². The summed E-state index contributed by atoms with van der Waals surface area (Å²) in [7, 11) is 0. The van der Waals surface area contributed by atoms with E-state index in [1.54, 1.807) is 0 Å². The van der Waals surface area contributed by atoms with E-state index in [1.807, 2.05) is 0 Å². The number of aliphatic carboxylic acids is 1. The number of amides is 3. The Hall–Kier alpha value is -3.30. The molecular formula is C23H23Cl2FN4O8S. The number of carbonyl (C=O) groups is 5. The summed E-state index contributed by atoms with van der Waals surface area (Å²) in [5, 5.41) is 12.2. The molecule has 1 aromatic heterocycles. The third kappa shape index (κ3) is 6.83. The molecule has 12 nitrogen and oxygen atoms in total. The van der Waals surface area contributed by atoms with Gasteiger partial charge in [0.15, 0.2) is 6.17 Å². The average Bonchev–Trinajstić information content (AvgIpc) is 3.48. The van der Waals surface area contributed by atoms with Gasteiger partial charge in [-0.1, -0.05) is 11.6 Å². The Kier molecular flexibility index (Phi) is 10.2. The van der Waals surface area contributed by atoms with Gasteiger partial charge in [0.2, 0.25) is 0 Å². The number of ether oxygens (including phenoxy) is 2. The number of morpholine rings is 1. The molecule has 16 heteroatoms. The lowest BCUT2D eigenvalue weighted by Crippen LogP contribution is -2.56. The molecule has 39 heavy (non-hydrogen) atoms. The Morgan fingerprint density at radius 1 is 1.28 bits per heavy atom. The molecule has 0 aliphatic carbocycles. The number of aldehydes is 1. The molecule has 210 valence electrons. The largest absolute Gasteiger partial charge is 0.479 e. The summed E-state index contributed by atoms with van der Waals surface area (Å²) < 4.78 is 25.8. The zero-order valence-corrected chi connectivity index (χ0v) is 22.5. The molecule has 0 bridgehead atoms. The van der Waals surface area contributed by atoms with Gasteiger partial charge in [0.05, 0.1) is 41.1 Å². The minimum absolute atomic E-state index is 0. The van der Waals surface area contributed by atoms with Crippen LogP contribution in [-0.2, 0) is 23.9 Å². The lowest BCUT2D eigenvalue weighted by Gasteiger charge is -2.30. The van der Waals surface area contributed by atoms with E-state index in [9.17, 15) is 29.1 Å². The number of hydrogen-bond acceptors (Lipinski definition) is 9. The number of hydrogen-bond donors (Lipinski definition) is 2. The van der Waals surface area contributed by atoms with Crippen LogP contribution >= 0.6 is 35.3 Å². The fourth-order valence-electron chi connectivity index (χ4n) is 4.07. The van der Waals surface area contributed by atoms with Crippen LogP contribution in [0.15, 0.2) is 30.3 Å². The molecule has 2 atom stereocenters. The Morgan fingerprint density at radius 3 is 2.67 bits per heavy atom. The third-order valence-corrected chi connectivity index (χ3v) is 7.00. The summed E-state index contributed by atoms with van der Waals surface area (Å²) in [6.07, 6.45) is -3.11. The zero-order chi connectivity index (χ0) is 27.4. The molecule has 3 amide bonds. The summed E-state index contributed by atoms with van der Waals surface area (Å²) in [4.78, 5) is 64.1. The maximum atomic E-state index is 15.1. The van der Waals surface area contributed by atoms with Crippen LogP contribution in [0.4, 0.5) is 20.6 Å². The fraction of sp³-hybridized carbons (Fsp3) is 0.348. The first kappa shape index (κ1) is 30.2. The van der Waals surface area contributed by atoms with Gasteiger partial charge in [-0.3, -0.25) is 19.8 Å². The molecule has 2 aliphatic rings. The molecule has 2 aliphatic heterocycles. The summed E-state index contributed by atoms with van der Waals surface area (Å²) in [5.41, 5.74) is 0.194. The molecule has 2 saturated heterocycles. The Bertz CT molecular complexity index is 1260. The molecule has 0 saturated carbocycles.